The van der Waals surface area contributed by atoms with Gasteiger partial charge in [0.25, 0.3) is 0 Å². The first-order valence-electron chi connectivity index (χ1n) is 32.1. The van der Waals surface area contributed by atoms with Gasteiger partial charge in [-0.1, -0.05) is 249 Å². The first kappa shape index (κ1) is 73.7. The van der Waals surface area contributed by atoms with E-state index in [0.717, 1.165) is 83.5 Å². The zero-order chi connectivity index (χ0) is 55.7. The number of rotatable bonds is 58. The fourth-order valence-corrected chi connectivity index (χ4v) is 9.91. The lowest BCUT2D eigenvalue weighted by Crippen LogP contribution is -2.47. The molecule has 444 valence electrons. The minimum absolute atomic E-state index is 0.0348. The number of hydrogen-bond donors (Lipinski definition) is 2. The molecule has 10 heteroatoms. The summed E-state index contributed by atoms with van der Waals surface area (Å²) in [6.07, 6.45) is 70.7. The lowest BCUT2D eigenvalue weighted by atomic mass is 10.0. The van der Waals surface area contributed by atoms with E-state index in [1.165, 1.54) is 180 Å². The maximum Gasteiger partial charge on any atom is 0.472 e. The third kappa shape index (κ3) is 56.4. The smallest absolute Gasteiger partial charge is 0.456 e. The van der Waals surface area contributed by atoms with Crippen molar-refractivity contribution in [2.24, 2.45) is 0 Å². The van der Waals surface area contributed by atoms with Gasteiger partial charge in [-0.25, -0.2) is 4.57 Å². The van der Waals surface area contributed by atoms with Crippen LogP contribution in [0.15, 0.2) is 60.8 Å². The van der Waals surface area contributed by atoms with Crippen molar-refractivity contribution in [1.29, 1.82) is 0 Å². The van der Waals surface area contributed by atoms with Crippen LogP contribution in [-0.2, 0) is 27.9 Å². The molecule has 0 saturated carbocycles. The van der Waals surface area contributed by atoms with Crippen LogP contribution < -0.4 is 5.32 Å². The summed E-state index contributed by atoms with van der Waals surface area (Å²) in [7, 11) is 1.48. The van der Waals surface area contributed by atoms with Gasteiger partial charge in [-0.3, -0.25) is 18.6 Å². The largest absolute Gasteiger partial charge is 0.472 e. The van der Waals surface area contributed by atoms with E-state index >= 15 is 0 Å². The van der Waals surface area contributed by atoms with Crippen molar-refractivity contribution in [2.75, 3.05) is 40.9 Å². The van der Waals surface area contributed by atoms with Crippen molar-refractivity contribution in [3.8, 4) is 0 Å². The van der Waals surface area contributed by atoms with Crippen LogP contribution in [0.3, 0.4) is 0 Å². The summed E-state index contributed by atoms with van der Waals surface area (Å²) in [5, 5.41) is 3.05. The summed E-state index contributed by atoms with van der Waals surface area (Å²) in [6, 6.07) is -0.861. The molecule has 9 nitrogen and oxygen atoms in total. The highest BCUT2D eigenvalue weighted by atomic mass is 31.2. The molecule has 0 heterocycles. The Hall–Kier alpha value is -2.29. The van der Waals surface area contributed by atoms with E-state index < -0.39 is 20.0 Å². The Kier molecular flexibility index (Phi) is 54.3. The fourth-order valence-electron chi connectivity index (χ4n) is 9.18. The van der Waals surface area contributed by atoms with Gasteiger partial charge < -0.3 is 19.4 Å². The minimum Gasteiger partial charge on any atom is -0.456 e. The Labute approximate surface area is 471 Å². The van der Waals surface area contributed by atoms with Gasteiger partial charge in [0.2, 0.25) is 5.91 Å². The number of esters is 1. The molecule has 3 unspecified atom stereocenters. The molecule has 0 aromatic carbocycles. The van der Waals surface area contributed by atoms with E-state index in [0.29, 0.717) is 17.4 Å². The molecular weight excluding hydrogens is 964 g/mol. The normalized spacial score (nSPS) is 14.0. The van der Waals surface area contributed by atoms with Crippen LogP contribution in [0.2, 0.25) is 0 Å². The number of carbonyl (C=O) groups is 2. The molecule has 3 atom stereocenters. The maximum absolute atomic E-state index is 13.5. The van der Waals surface area contributed by atoms with E-state index in [1.54, 1.807) is 0 Å². The molecule has 76 heavy (non-hydrogen) atoms. The van der Waals surface area contributed by atoms with Gasteiger partial charge in [0, 0.05) is 12.8 Å². The molecule has 0 aliphatic heterocycles. The SMILES string of the molecule is CCCCC/C=C\C/C=C\C/C=C\CCCCCCC(=O)NC(COP(=O)(O)OCC[N+](C)(C)C)C(/C=C/CCCCCCCCCCCC)OC(=O)CCCCCCCCCCCCC/C=C/CCCCCCCC. The van der Waals surface area contributed by atoms with Gasteiger partial charge in [-0.2, -0.15) is 0 Å². The highest BCUT2D eigenvalue weighted by Gasteiger charge is 2.30. The van der Waals surface area contributed by atoms with Crippen LogP contribution in [0.1, 0.15) is 297 Å². The summed E-state index contributed by atoms with van der Waals surface area (Å²) < 4.78 is 30.7. The second-order valence-electron chi connectivity index (χ2n) is 22.9. The zero-order valence-electron chi connectivity index (χ0n) is 50.7. The van der Waals surface area contributed by atoms with Crippen molar-refractivity contribution in [2.45, 2.75) is 309 Å². The second kappa shape index (κ2) is 56.0. The molecule has 0 aliphatic carbocycles. The zero-order valence-corrected chi connectivity index (χ0v) is 51.6. The van der Waals surface area contributed by atoms with Crippen molar-refractivity contribution < 1.29 is 37.3 Å². The number of allylic oxidation sites excluding steroid dienone is 9. The Morgan fingerprint density at radius 1 is 0.461 bits per heavy atom. The first-order valence-corrected chi connectivity index (χ1v) is 33.6. The molecule has 0 saturated heterocycles. The number of likely N-dealkylation sites (N-methyl/N-ethyl adjacent to an activating group) is 1. The molecule has 0 fully saturated rings. The number of ether oxygens (including phenoxy) is 1. The van der Waals surface area contributed by atoms with Crippen LogP contribution in [0.25, 0.3) is 0 Å². The predicted molar refractivity (Wildman–Crippen MR) is 328 cm³/mol. The highest BCUT2D eigenvalue weighted by Crippen LogP contribution is 2.43. The second-order valence-corrected chi connectivity index (χ2v) is 24.4. The number of carbonyl (C=O) groups excluding carboxylic acids is 2. The number of phosphoric acid groups is 1. The van der Waals surface area contributed by atoms with Gasteiger partial charge in [-0.15, -0.1) is 0 Å². The van der Waals surface area contributed by atoms with E-state index in [-0.39, 0.29) is 31.5 Å². The quantitative estimate of drug-likeness (QED) is 0.0205. The van der Waals surface area contributed by atoms with Crippen LogP contribution >= 0.6 is 7.82 Å². The summed E-state index contributed by atoms with van der Waals surface area (Å²) in [5.41, 5.74) is 0. The number of nitrogens with one attached hydrogen (secondary N) is 1. The van der Waals surface area contributed by atoms with Crippen molar-refractivity contribution in [3.63, 3.8) is 0 Å². The summed E-state index contributed by atoms with van der Waals surface area (Å²) in [6.45, 7) is 6.98. The molecule has 0 aliphatic rings. The lowest BCUT2D eigenvalue weighted by Gasteiger charge is -2.27. The molecule has 0 radical (unpaired) electrons. The van der Waals surface area contributed by atoms with Gasteiger partial charge >= 0.3 is 13.8 Å². The number of phosphoric ester groups is 1. The minimum atomic E-state index is -4.46. The van der Waals surface area contributed by atoms with Crippen LogP contribution in [0, 0.1) is 0 Å². The predicted octanol–water partition coefficient (Wildman–Crippen LogP) is 19.8. The van der Waals surface area contributed by atoms with E-state index in [2.05, 4.69) is 74.7 Å². The van der Waals surface area contributed by atoms with Gasteiger partial charge in [0.1, 0.15) is 19.3 Å². The third-order valence-corrected chi connectivity index (χ3v) is 15.2. The van der Waals surface area contributed by atoms with Crippen LogP contribution in [0.5, 0.6) is 0 Å². The van der Waals surface area contributed by atoms with Crippen LogP contribution in [-0.4, -0.2) is 74.3 Å². The molecular formula is C66H124N2O7P+. The van der Waals surface area contributed by atoms with E-state index in [1.807, 2.05) is 33.3 Å². The number of amides is 1. The van der Waals surface area contributed by atoms with E-state index in [4.69, 9.17) is 13.8 Å². The third-order valence-electron chi connectivity index (χ3n) is 14.2. The number of unbranched alkanes of at least 4 members (excludes halogenated alkanes) is 34. The maximum atomic E-state index is 13.5. The topological polar surface area (TPSA) is 111 Å². The fraction of sp³-hybridized carbons (Fsp3) is 0.818. The number of quaternary nitrogens is 1. The Bertz CT molecular complexity index is 1490. The molecule has 0 aromatic heterocycles. The molecule has 0 spiro atoms. The average Bonchev–Trinajstić information content (AvgIpc) is 3.38. The highest BCUT2D eigenvalue weighted by molar-refractivity contribution is 7.47. The Balaban J connectivity index is 5.23. The molecule has 0 bridgehead atoms. The molecule has 0 rings (SSSR count). The van der Waals surface area contributed by atoms with Crippen molar-refractivity contribution in [1.82, 2.24) is 5.32 Å². The monoisotopic (exact) mass is 1090 g/mol. The average molecular weight is 1090 g/mol. The molecule has 0 aromatic rings. The lowest BCUT2D eigenvalue weighted by molar-refractivity contribution is -0.870. The van der Waals surface area contributed by atoms with E-state index in [9.17, 15) is 19.0 Å². The Morgan fingerprint density at radius 2 is 0.803 bits per heavy atom. The molecule has 2 N–H and O–H groups in total. The summed E-state index contributed by atoms with van der Waals surface area (Å²) in [5.74, 6) is -0.524. The van der Waals surface area contributed by atoms with Gasteiger partial charge in [0.05, 0.1) is 33.8 Å². The van der Waals surface area contributed by atoms with Crippen molar-refractivity contribution in [3.05, 3.63) is 60.8 Å². The van der Waals surface area contributed by atoms with Crippen molar-refractivity contribution >= 4 is 19.7 Å². The number of nitrogens with zero attached hydrogens (tertiary/aromatic N) is 1. The van der Waals surface area contributed by atoms with Gasteiger partial charge in [-0.05, 0) is 96.0 Å². The summed E-state index contributed by atoms with van der Waals surface area (Å²) in [4.78, 5) is 37.7. The van der Waals surface area contributed by atoms with Gasteiger partial charge in [0.15, 0.2) is 0 Å². The Morgan fingerprint density at radius 3 is 1.24 bits per heavy atom. The first-order chi connectivity index (χ1) is 36.9. The standard InChI is InChI=1S/C66H123N2O7P/c1-7-10-13-16-19-22-25-28-30-32-33-34-35-37-39-41-44-47-50-53-56-59-66(70)75-64(57-54-51-48-45-42-27-24-21-18-15-12-9-3)63(62-74-76(71,72)73-61-60-68(4,5)6)67-65(69)58-55-52-49-46-43-40-38-36-31-29-26-23-20-17-14-11-8-2/h20,23,28-31,38,40,54,57,63-64H,7-19,21-22,24-27,32-37,39,41-53,55-56,58-62H2,1-6H3,(H-,67,69,71,72)/p+1/b23-20-,30-28+,31-29-,40-38-,57-54+. The summed E-state index contributed by atoms with van der Waals surface area (Å²) >= 11 is 0. The van der Waals surface area contributed by atoms with Crippen LogP contribution in [0.4, 0.5) is 0 Å². The molecule has 1 amide bonds. The number of hydrogen-bond acceptors (Lipinski definition) is 6.